The molecule has 6 nitrogen and oxygen atoms in total. The van der Waals surface area contributed by atoms with Crippen LogP contribution in [0.25, 0.3) is 5.69 Å². The first-order chi connectivity index (χ1) is 9.11. The Morgan fingerprint density at radius 2 is 2.32 bits per heavy atom. The van der Waals surface area contributed by atoms with E-state index in [1.807, 2.05) is 0 Å². The Kier molecular flexibility index (Phi) is 3.82. The van der Waals surface area contributed by atoms with Gasteiger partial charge in [-0.3, -0.25) is 0 Å². The van der Waals surface area contributed by atoms with Crippen molar-refractivity contribution in [1.82, 2.24) is 15.0 Å². The third kappa shape index (κ3) is 2.92. The lowest BCUT2D eigenvalue weighted by molar-refractivity contribution is 0.0691. The number of nitrogens with one attached hydrogen (secondary N) is 1. The van der Waals surface area contributed by atoms with Crippen LogP contribution in [-0.4, -0.2) is 32.6 Å². The highest BCUT2D eigenvalue weighted by molar-refractivity contribution is 6.30. The van der Waals surface area contributed by atoms with Gasteiger partial charge in [-0.05, 0) is 18.2 Å². The fraction of sp³-hybridized carbons (Fsp3) is 0.0833. The van der Waals surface area contributed by atoms with Gasteiger partial charge in [0.1, 0.15) is 0 Å². The molecule has 0 aliphatic rings. The van der Waals surface area contributed by atoms with Gasteiger partial charge in [-0.15, -0.1) is 21.6 Å². The van der Waals surface area contributed by atoms with Crippen LogP contribution in [0.2, 0.25) is 5.02 Å². The van der Waals surface area contributed by atoms with Crippen molar-refractivity contribution in [2.75, 3.05) is 11.9 Å². The summed E-state index contributed by atoms with van der Waals surface area (Å²) in [6.45, 7) is 3.94. The van der Waals surface area contributed by atoms with Gasteiger partial charge < -0.3 is 10.4 Å². The number of hydrogen-bond acceptors (Lipinski definition) is 4. The van der Waals surface area contributed by atoms with E-state index in [2.05, 4.69) is 22.1 Å². The number of nitrogens with zero attached hydrogens (tertiary/aromatic N) is 3. The molecule has 0 saturated heterocycles. The molecule has 0 aliphatic heterocycles. The van der Waals surface area contributed by atoms with Gasteiger partial charge >= 0.3 is 5.97 Å². The Labute approximate surface area is 114 Å². The Balaban J connectivity index is 2.42. The summed E-state index contributed by atoms with van der Waals surface area (Å²) < 4.78 is 0. The summed E-state index contributed by atoms with van der Waals surface area (Å²) in [6.07, 6.45) is 1.60. The molecule has 0 amide bonds. The molecule has 0 unspecified atom stereocenters. The molecule has 1 aromatic carbocycles. The van der Waals surface area contributed by atoms with Gasteiger partial charge in [-0.1, -0.05) is 23.7 Å². The minimum absolute atomic E-state index is 0.151. The molecule has 0 fully saturated rings. The molecule has 0 aliphatic carbocycles. The highest BCUT2D eigenvalue weighted by Crippen LogP contribution is 2.16. The van der Waals surface area contributed by atoms with Crippen molar-refractivity contribution >= 4 is 23.4 Å². The molecule has 2 aromatic rings. The fourth-order valence-corrected chi connectivity index (χ4v) is 1.64. The van der Waals surface area contributed by atoms with Gasteiger partial charge in [-0.2, -0.15) is 0 Å². The number of halogens is 1. The van der Waals surface area contributed by atoms with Gasteiger partial charge in [0.25, 0.3) is 0 Å². The van der Waals surface area contributed by atoms with Crippen LogP contribution in [-0.2, 0) is 0 Å². The van der Waals surface area contributed by atoms with E-state index in [-0.39, 0.29) is 11.5 Å². The summed E-state index contributed by atoms with van der Waals surface area (Å²) in [5, 5.41) is 20.4. The number of carboxylic acids is 1. The summed E-state index contributed by atoms with van der Waals surface area (Å²) in [4.78, 5) is 12.3. The van der Waals surface area contributed by atoms with Crippen LogP contribution in [0.15, 0.2) is 36.9 Å². The molecule has 0 saturated carbocycles. The molecule has 0 radical (unpaired) electrons. The zero-order valence-corrected chi connectivity index (χ0v) is 10.6. The molecule has 1 aromatic heterocycles. The summed E-state index contributed by atoms with van der Waals surface area (Å²) in [5.74, 6) is -0.966. The van der Waals surface area contributed by atoms with Gasteiger partial charge in [0.15, 0.2) is 5.82 Å². The number of carbonyl (C=O) groups is 1. The number of rotatable bonds is 5. The van der Waals surface area contributed by atoms with E-state index in [1.165, 1.54) is 4.80 Å². The molecular weight excluding hydrogens is 268 g/mol. The summed E-state index contributed by atoms with van der Waals surface area (Å²) >= 11 is 5.87. The van der Waals surface area contributed by atoms with Crippen molar-refractivity contribution in [3.63, 3.8) is 0 Å². The Morgan fingerprint density at radius 3 is 2.95 bits per heavy atom. The van der Waals surface area contributed by atoms with Crippen molar-refractivity contribution in [2.45, 2.75) is 0 Å². The maximum absolute atomic E-state index is 11.1. The van der Waals surface area contributed by atoms with Crippen LogP contribution in [0.3, 0.4) is 0 Å². The lowest BCUT2D eigenvalue weighted by atomic mass is 10.3. The van der Waals surface area contributed by atoms with Crippen LogP contribution < -0.4 is 5.32 Å². The Bertz CT molecular complexity index is 624. The maximum atomic E-state index is 11.1. The number of aromatic carboxylic acids is 1. The monoisotopic (exact) mass is 278 g/mol. The van der Waals surface area contributed by atoms with Crippen molar-refractivity contribution in [2.24, 2.45) is 0 Å². The van der Waals surface area contributed by atoms with E-state index in [0.717, 1.165) is 0 Å². The number of aromatic nitrogens is 3. The molecule has 19 heavy (non-hydrogen) atoms. The lowest BCUT2D eigenvalue weighted by Gasteiger charge is -1.99. The average Bonchev–Trinajstić information content (AvgIpc) is 2.80. The normalized spacial score (nSPS) is 10.2. The summed E-state index contributed by atoms with van der Waals surface area (Å²) in [7, 11) is 0. The van der Waals surface area contributed by atoms with E-state index in [0.29, 0.717) is 17.3 Å². The van der Waals surface area contributed by atoms with Gasteiger partial charge in [0, 0.05) is 11.6 Å². The second-order valence-electron chi connectivity index (χ2n) is 3.64. The average molecular weight is 279 g/mol. The quantitative estimate of drug-likeness (QED) is 0.820. The second-order valence-corrected chi connectivity index (χ2v) is 4.08. The van der Waals surface area contributed by atoms with Crippen LogP contribution in [0.4, 0.5) is 5.82 Å². The zero-order valence-electron chi connectivity index (χ0n) is 9.88. The highest BCUT2D eigenvalue weighted by atomic mass is 35.5. The van der Waals surface area contributed by atoms with E-state index in [9.17, 15) is 4.79 Å². The van der Waals surface area contributed by atoms with E-state index >= 15 is 0 Å². The van der Waals surface area contributed by atoms with Gasteiger partial charge in [0.05, 0.1) is 5.69 Å². The molecular formula is C12H11ClN4O2. The first-order valence-corrected chi connectivity index (χ1v) is 5.81. The predicted molar refractivity (Wildman–Crippen MR) is 72.0 cm³/mol. The van der Waals surface area contributed by atoms with Gasteiger partial charge in [0.2, 0.25) is 5.69 Å². The lowest BCUT2D eigenvalue weighted by Crippen LogP contribution is -2.05. The van der Waals surface area contributed by atoms with Crippen molar-refractivity contribution in [3.8, 4) is 5.69 Å². The second kappa shape index (κ2) is 5.53. The third-order valence-corrected chi connectivity index (χ3v) is 2.50. The number of carboxylic acid groups (broad SMARTS) is 1. The molecule has 98 valence electrons. The zero-order chi connectivity index (χ0) is 13.8. The van der Waals surface area contributed by atoms with Crippen molar-refractivity contribution in [1.29, 1.82) is 0 Å². The summed E-state index contributed by atoms with van der Waals surface area (Å²) in [6, 6.07) is 6.82. The highest BCUT2D eigenvalue weighted by Gasteiger charge is 2.18. The van der Waals surface area contributed by atoms with Gasteiger partial charge in [-0.25, -0.2) is 4.79 Å². The molecule has 0 bridgehead atoms. The van der Waals surface area contributed by atoms with Crippen molar-refractivity contribution in [3.05, 3.63) is 47.6 Å². The fourth-order valence-electron chi connectivity index (χ4n) is 1.45. The minimum atomic E-state index is -1.15. The van der Waals surface area contributed by atoms with Crippen LogP contribution in [0.5, 0.6) is 0 Å². The molecule has 2 N–H and O–H groups in total. The van der Waals surface area contributed by atoms with Crippen molar-refractivity contribution < 1.29 is 9.90 Å². The Morgan fingerprint density at radius 1 is 1.53 bits per heavy atom. The number of anilines is 1. The van der Waals surface area contributed by atoms with Crippen LogP contribution in [0.1, 0.15) is 10.5 Å². The van der Waals surface area contributed by atoms with E-state index < -0.39 is 5.97 Å². The summed E-state index contributed by atoms with van der Waals surface area (Å²) in [5.41, 5.74) is 0.434. The molecule has 7 heteroatoms. The largest absolute Gasteiger partial charge is 0.476 e. The molecule has 0 atom stereocenters. The number of benzene rings is 1. The van der Waals surface area contributed by atoms with E-state index in [4.69, 9.17) is 16.7 Å². The predicted octanol–water partition coefficient (Wildman–Crippen LogP) is 2.22. The third-order valence-electron chi connectivity index (χ3n) is 2.27. The van der Waals surface area contributed by atoms with Crippen LogP contribution >= 0.6 is 11.6 Å². The molecule has 2 rings (SSSR count). The molecule has 1 heterocycles. The van der Waals surface area contributed by atoms with E-state index in [1.54, 1.807) is 30.3 Å². The SMILES string of the molecule is C=CCNc1nn(-c2cccc(Cl)c2)nc1C(=O)O. The smallest absolute Gasteiger partial charge is 0.360 e. The number of hydrogen-bond donors (Lipinski definition) is 2. The Hall–Kier alpha value is -2.34. The first kappa shape index (κ1) is 13.1. The first-order valence-electron chi connectivity index (χ1n) is 5.43. The maximum Gasteiger partial charge on any atom is 0.360 e. The minimum Gasteiger partial charge on any atom is -0.476 e. The molecule has 0 spiro atoms. The topological polar surface area (TPSA) is 80.0 Å². The standard InChI is InChI=1S/C12H11ClN4O2/c1-2-6-14-11-10(12(18)19)15-17(16-11)9-5-3-4-8(13)7-9/h2-5,7H,1,6H2,(H,14,16)(H,18,19). The van der Waals surface area contributed by atoms with Crippen LogP contribution in [0, 0.1) is 0 Å².